The van der Waals surface area contributed by atoms with Crippen molar-refractivity contribution in [3.8, 4) is 0 Å². The zero-order valence-electron chi connectivity index (χ0n) is 9.51. The minimum atomic E-state index is -0.726. The van der Waals surface area contributed by atoms with E-state index >= 15 is 0 Å². The van der Waals surface area contributed by atoms with Gasteiger partial charge in [-0.3, -0.25) is 14.6 Å². The molecule has 1 fully saturated rings. The van der Waals surface area contributed by atoms with Crippen LogP contribution < -0.4 is 11.2 Å². The van der Waals surface area contributed by atoms with Crippen LogP contribution in [0.15, 0.2) is 15.8 Å². The van der Waals surface area contributed by atoms with Crippen molar-refractivity contribution in [3.05, 3.63) is 32.6 Å². The van der Waals surface area contributed by atoms with Crippen LogP contribution in [-0.4, -0.2) is 58.3 Å². The van der Waals surface area contributed by atoms with Crippen LogP contribution in [0, 0.1) is 0 Å². The fourth-order valence-corrected chi connectivity index (χ4v) is 1.75. The van der Waals surface area contributed by atoms with Crippen molar-refractivity contribution in [2.75, 3.05) is 26.3 Å². The number of nitrogens with zero attached hydrogens (tertiary/aromatic N) is 1. The summed E-state index contributed by atoms with van der Waals surface area (Å²) in [5.74, 6) is -0.491. The van der Waals surface area contributed by atoms with Gasteiger partial charge in [0.05, 0.1) is 19.3 Å². The number of carbonyl (C=O) groups excluding carboxylic acids is 1. The van der Waals surface area contributed by atoms with Gasteiger partial charge in [0.1, 0.15) is 5.56 Å². The molecule has 1 atom stereocenters. The van der Waals surface area contributed by atoms with Gasteiger partial charge in [-0.15, -0.1) is 0 Å². The highest BCUT2D eigenvalue weighted by Gasteiger charge is 2.26. The Labute approximate surface area is 101 Å². The molecule has 1 amide bonds. The van der Waals surface area contributed by atoms with Gasteiger partial charge in [0.15, 0.2) is 0 Å². The molecule has 0 radical (unpaired) electrons. The first-order chi connectivity index (χ1) is 8.61. The molecule has 2 rings (SSSR count). The molecular weight excluding hydrogens is 242 g/mol. The molecule has 1 unspecified atom stereocenters. The molecule has 0 aliphatic carbocycles. The second kappa shape index (κ2) is 5.15. The molecule has 0 aromatic carbocycles. The highest BCUT2D eigenvalue weighted by Crippen LogP contribution is 2.07. The van der Waals surface area contributed by atoms with E-state index in [9.17, 15) is 14.4 Å². The Bertz CT molecular complexity index is 549. The van der Waals surface area contributed by atoms with Crippen LogP contribution in [-0.2, 0) is 4.74 Å². The smallest absolute Gasteiger partial charge is 0.325 e. The summed E-state index contributed by atoms with van der Waals surface area (Å²) in [5, 5.41) is 8.97. The van der Waals surface area contributed by atoms with E-state index in [1.54, 1.807) is 0 Å². The number of morpholine rings is 1. The molecule has 2 heterocycles. The number of carbonyl (C=O) groups is 1. The zero-order valence-corrected chi connectivity index (χ0v) is 9.51. The maximum absolute atomic E-state index is 12.0. The molecule has 1 aromatic rings. The lowest BCUT2D eigenvalue weighted by Crippen LogP contribution is -2.48. The molecule has 98 valence electrons. The van der Waals surface area contributed by atoms with Crippen LogP contribution in [0.25, 0.3) is 0 Å². The first-order valence-corrected chi connectivity index (χ1v) is 5.45. The van der Waals surface area contributed by atoms with E-state index in [0.717, 1.165) is 6.20 Å². The van der Waals surface area contributed by atoms with E-state index in [4.69, 9.17) is 9.84 Å². The van der Waals surface area contributed by atoms with Crippen LogP contribution in [0.5, 0.6) is 0 Å². The van der Waals surface area contributed by atoms with Crippen molar-refractivity contribution in [1.82, 2.24) is 14.9 Å². The van der Waals surface area contributed by atoms with E-state index in [-0.39, 0.29) is 18.7 Å². The third-order valence-corrected chi connectivity index (χ3v) is 2.68. The quantitative estimate of drug-likeness (QED) is 0.559. The second-order valence-electron chi connectivity index (χ2n) is 3.91. The molecule has 0 bridgehead atoms. The predicted octanol–water partition coefficient (Wildman–Crippen LogP) is -2.10. The Hall–Kier alpha value is -1.93. The molecule has 0 spiro atoms. The standard InChI is InChI=1S/C10H13N3O5/c14-5-6-4-13(1-2-18-6)9(16)7-3-11-10(17)12-8(7)15/h3,6,14H,1-2,4-5H2,(H2,11,12,15,17). The predicted molar refractivity (Wildman–Crippen MR) is 60.4 cm³/mol. The number of aromatic nitrogens is 2. The van der Waals surface area contributed by atoms with Gasteiger partial charge < -0.3 is 19.7 Å². The number of amides is 1. The number of hydrogen-bond acceptors (Lipinski definition) is 5. The molecule has 8 nitrogen and oxygen atoms in total. The number of rotatable bonds is 2. The van der Waals surface area contributed by atoms with Crippen LogP contribution >= 0.6 is 0 Å². The van der Waals surface area contributed by atoms with E-state index in [2.05, 4.69) is 4.98 Å². The highest BCUT2D eigenvalue weighted by molar-refractivity contribution is 5.93. The number of aliphatic hydroxyl groups is 1. The third kappa shape index (κ3) is 2.49. The molecule has 1 aliphatic heterocycles. The summed E-state index contributed by atoms with van der Waals surface area (Å²) in [7, 11) is 0. The lowest BCUT2D eigenvalue weighted by molar-refractivity contribution is -0.0447. The molecule has 8 heteroatoms. The number of hydrogen-bond donors (Lipinski definition) is 3. The van der Waals surface area contributed by atoms with Gasteiger partial charge in [-0.25, -0.2) is 4.79 Å². The van der Waals surface area contributed by atoms with Crippen molar-refractivity contribution in [1.29, 1.82) is 0 Å². The van der Waals surface area contributed by atoms with Crippen LogP contribution in [0.3, 0.4) is 0 Å². The minimum absolute atomic E-state index is 0.131. The lowest BCUT2D eigenvalue weighted by atomic mass is 10.2. The van der Waals surface area contributed by atoms with E-state index in [1.807, 2.05) is 4.98 Å². The third-order valence-electron chi connectivity index (χ3n) is 2.68. The molecule has 1 saturated heterocycles. The first-order valence-electron chi connectivity index (χ1n) is 5.45. The fraction of sp³-hybridized carbons (Fsp3) is 0.500. The largest absolute Gasteiger partial charge is 0.394 e. The summed E-state index contributed by atoms with van der Waals surface area (Å²) in [6.45, 7) is 0.672. The van der Waals surface area contributed by atoms with E-state index in [0.29, 0.717) is 13.2 Å². The average molecular weight is 255 g/mol. The Morgan fingerprint density at radius 2 is 2.33 bits per heavy atom. The molecule has 3 N–H and O–H groups in total. The number of aliphatic hydroxyl groups excluding tert-OH is 1. The Morgan fingerprint density at radius 1 is 1.56 bits per heavy atom. The van der Waals surface area contributed by atoms with Gasteiger partial charge in [0.2, 0.25) is 0 Å². The molecule has 1 aliphatic rings. The summed E-state index contributed by atoms with van der Waals surface area (Å²) in [4.78, 5) is 40.0. The van der Waals surface area contributed by atoms with Crippen molar-refractivity contribution < 1.29 is 14.6 Å². The van der Waals surface area contributed by atoms with Crippen molar-refractivity contribution in [3.63, 3.8) is 0 Å². The molecular formula is C10H13N3O5. The zero-order chi connectivity index (χ0) is 13.1. The van der Waals surface area contributed by atoms with Crippen LogP contribution in [0.1, 0.15) is 10.4 Å². The molecule has 18 heavy (non-hydrogen) atoms. The van der Waals surface area contributed by atoms with Crippen molar-refractivity contribution in [2.45, 2.75) is 6.10 Å². The van der Waals surface area contributed by atoms with Crippen molar-refractivity contribution in [2.24, 2.45) is 0 Å². The summed E-state index contributed by atoms with van der Waals surface area (Å²) >= 11 is 0. The summed E-state index contributed by atoms with van der Waals surface area (Å²) in [6.07, 6.45) is 0.650. The van der Waals surface area contributed by atoms with Gasteiger partial charge >= 0.3 is 5.69 Å². The average Bonchev–Trinajstić information content (AvgIpc) is 2.38. The minimum Gasteiger partial charge on any atom is -0.394 e. The monoisotopic (exact) mass is 255 g/mol. The van der Waals surface area contributed by atoms with E-state index < -0.39 is 23.3 Å². The molecule has 0 saturated carbocycles. The second-order valence-corrected chi connectivity index (χ2v) is 3.91. The first kappa shape index (κ1) is 12.5. The maximum Gasteiger partial charge on any atom is 0.325 e. The summed E-state index contributed by atoms with van der Waals surface area (Å²) < 4.78 is 5.21. The Kier molecular flexibility index (Phi) is 3.58. The number of H-pyrrole nitrogens is 2. The lowest BCUT2D eigenvalue weighted by Gasteiger charge is -2.31. The summed E-state index contributed by atoms with van der Waals surface area (Å²) in [5.41, 5.74) is -1.52. The molecule has 1 aromatic heterocycles. The Balaban J connectivity index is 2.20. The van der Waals surface area contributed by atoms with E-state index in [1.165, 1.54) is 4.90 Å². The van der Waals surface area contributed by atoms with Gasteiger partial charge in [0.25, 0.3) is 11.5 Å². The van der Waals surface area contributed by atoms with Crippen LogP contribution in [0.2, 0.25) is 0 Å². The van der Waals surface area contributed by atoms with Crippen LogP contribution in [0.4, 0.5) is 0 Å². The SMILES string of the molecule is O=C(c1c[nH]c(=O)[nH]c1=O)N1CCOC(CO)C1. The fourth-order valence-electron chi connectivity index (χ4n) is 1.75. The number of ether oxygens (including phenoxy) is 1. The maximum atomic E-state index is 12.0. The number of aromatic amines is 2. The number of nitrogens with one attached hydrogen (secondary N) is 2. The van der Waals surface area contributed by atoms with Gasteiger partial charge in [-0.2, -0.15) is 0 Å². The van der Waals surface area contributed by atoms with Gasteiger partial charge in [-0.1, -0.05) is 0 Å². The van der Waals surface area contributed by atoms with Gasteiger partial charge in [0, 0.05) is 19.3 Å². The normalized spacial score (nSPS) is 19.8. The Morgan fingerprint density at radius 3 is 3.00 bits per heavy atom. The van der Waals surface area contributed by atoms with Crippen molar-refractivity contribution >= 4 is 5.91 Å². The topological polar surface area (TPSA) is 115 Å². The summed E-state index contributed by atoms with van der Waals surface area (Å²) in [6, 6.07) is 0. The van der Waals surface area contributed by atoms with Gasteiger partial charge in [-0.05, 0) is 0 Å². The highest BCUT2D eigenvalue weighted by atomic mass is 16.5.